The van der Waals surface area contributed by atoms with Crippen LogP contribution in [0.3, 0.4) is 0 Å². The van der Waals surface area contributed by atoms with Crippen molar-refractivity contribution in [3.8, 4) is 5.69 Å². The number of benzene rings is 1. The van der Waals surface area contributed by atoms with Gasteiger partial charge in [0, 0.05) is 6.04 Å². The Morgan fingerprint density at radius 1 is 1.19 bits per heavy atom. The second-order valence-corrected chi connectivity index (χ2v) is 7.32. The van der Waals surface area contributed by atoms with Gasteiger partial charge in [-0.15, -0.1) is 5.10 Å². The fourth-order valence-electron chi connectivity index (χ4n) is 3.25. The third-order valence-electron chi connectivity index (χ3n) is 4.75. The van der Waals surface area contributed by atoms with Crippen LogP contribution < -0.4 is 5.32 Å². The zero-order valence-corrected chi connectivity index (χ0v) is 14.8. The van der Waals surface area contributed by atoms with Crippen molar-refractivity contribution in [2.75, 3.05) is 5.32 Å². The maximum Gasteiger partial charge on any atom is 0.225 e. The number of nitrogens with one attached hydrogen (secondary N) is 1. The standard InChI is InChI=1S/C18H22N6O2/c1-18(2,26)11-3-6-13(7-4-11)24-16-15(22-23-24)10-19-17(21-16)20-12-5-8-14(25)9-12/h3-4,6-7,10,12,14,25-26H,5,8-9H2,1-2H3,(H,19,20,21)/t12-,14-/m0/s1. The van der Waals surface area contributed by atoms with Gasteiger partial charge in [0.1, 0.15) is 0 Å². The number of fused-ring (bicyclic) bond motifs is 1. The van der Waals surface area contributed by atoms with Crippen molar-refractivity contribution in [3.05, 3.63) is 36.0 Å². The average molecular weight is 354 g/mol. The van der Waals surface area contributed by atoms with E-state index in [0.29, 0.717) is 23.5 Å². The van der Waals surface area contributed by atoms with Crippen molar-refractivity contribution in [2.45, 2.75) is 50.9 Å². The van der Waals surface area contributed by atoms with Crippen LogP contribution in [0.5, 0.6) is 0 Å². The van der Waals surface area contributed by atoms with Gasteiger partial charge in [-0.2, -0.15) is 9.67 Å². The van der Waals surface area contributed by atoms with Crippen molar-refractivity contribution >= 4 is 17.1 Å². The lowest BCUT2D eigenvalue weighted by atomic mass is 9.98. The SMILES string of the molecule is CC(C)(O)c1ccc(-n2nnc3cnc(N[C@H]4CC[C@H](O)C4)nc32)cc1. The lowest BCUT2D eigenvalue weighted by Gasteiger charge is -2.17. The predicted octanol–water partition coefficient (Wildman–Crippen LogP) is 1.76. The Morgan fingerprint density at radius 2 is 1.96 bits per heavy atom. The molecule has 2 heterocycles. The van der Waals surface area contributed by atoms with Gasteiger partial charge < -0.3 is 15.5 Å². The molecule has 1 aliphatic carbocycles. The molecule has 1 aromatic carbocycles. The smallest absolute Gasteiger partial charge is 0.225 e. The van der Waals surface area contributed by atoms with E-state index in [1.807, 2.05) is 24.3 Å². The Bertz CT molecular complexity index is 916. The van der Waals surface area contributed by atoms with Crippen LogP contribution >= 0.6 is 0 Å². The van der Waals surface area contributed by atoms with Gasteiger partial charge in [-0.25, -0.2) is 4.98 Å². The summed E-state index contributed by atoms with van der Waals surface area (Å²) in [4.78, 5) is 8.85. The van der Waals surface area contributed by atoms with Crippen LogP contribution in [0.1, 0.15) is 38.7 Å². The summed E-state index contributed by atoms with van der Waals surface area (Å²) in [6.45, 7) is 3.50. The average Bonchev–Trinajstić information content (AvgIpc) is 3.20. The van der Waals surface area contributed by atoms with E-state index in [9.17, 15) is 10.2 Å². The van der Waals surface area contributed by atoms with E-state index < -0.39 is 5.60 Å². The number of rotatable bonds is 4. The summed E-state index contributed by atoms with van der Waals surface area (Å²) < 4.78 is 1.65. The Hall–Kier alpha value is -2.58. The minimum atomic E-state index is -0.895. The molecule has 0 spiro atoms. The van der Waals surface area contributed by atoms with Crippen molar-refractivity contribution in [1.29, 1.82) is 0 Å². The molecule has 1 aliphatic rings. The van der Waals surface area contributed by atoms with Crippen molar-refractivity contribution < 1.29 is 10.2 Å². The highest BCUT2D eigenvalue weighted by atomic mass is 16.3. The normalized spacial score (nSPS) is 20.6. The molecule has 8 heteroatoms. The monoisotopic (exact) mass is 354 g/mol. The number of aliphatic hydroxyl groups is 2. The first-order chi connectivity index (χ1) is 12.4. The van der Waals surface area contributed by atoms with Crippen LogP contribution in [-0.2, 0) is 5.60 Å². The minimum Gasteiger partial charge on any atom is -0.393 e. The largest absolute Gasteiger partial charge is 0.393 e. The Labute approximate surface area is 150 Å². The number of nitrogens with zero attached hydrogens (tertiary/aromatic N) is 5. The van der Waals surface area contributed by atoms with Gasteiger partial charge in [-0.1, -0.05) is 17.3 Å². The molecule has 26 heavy (non-hydrogen) atoms. The summed E-state index contributed by atoms with van der Waals surface area (Å²) >= 11 is 0. The summed E-state index contributed by atoms with van der Waals surface area (Å²) in [7, 11) is 0. The number of aromatic nitrogens is 5. The van der Waals surface area contributed by atoms with Crippen LogP contribution in [0.15, 0.2) is 30.5 Å². The third-order valence-corrected chi connectivity index (χ3v) is 4.75. The summed E-state index contributed by atoms with van der Waals surface area (Å²) in [5.74, 6) is 0.508. The van der Waals surface area contributed by atoms with Gasteiger partial charge >= 0.3 is 0 Å². The summed E-state index contributed by atoms with van der Waals surface area (Å²) in [5, 5.41) is 31.3. The second kappa shape index (κ2) is 6.30. The van der Waals surface area contributed by atoms with E-state index in [4.69, 9.17) is 0 Å². The number of hydrogen-bond acceptors (Lipinski definition) is 7. The molecule has 0 unspecified atom stereocenters. The van der Waals surface area contributed by atoms with E-state index in [1.54, 1.807) is 24.7 Å². The summed E-state index contributed by atoms with van der Waals surface area (Å²) in [5.41, 5.74) is 1.95. The summed E-state index contributed by atoms with van der Waals surface area (Å²) in [6, 6.07) is 7.66. The number of aliphatic hydroxyl groups excluding tert-OH is 1. The molecule has 1 saturated carbocycles. The second-order valence-electron chi connectivity index (χ2n) is 7.32. The molecular weight excluding hydrogens is 332 g/mol. The number of hydrogen-bond donors (Lipinski definition) is 3. The predicted molar refractivity (Wildman–Crippen MR) is 97.0 cm³/mol. The molecule has 0 aliphatic heterocycles. The molecule has 3 aromatic rings. The molecule has 4 rings (SSSR count). The van der Waals surface area contributed by atoms with Gasteiger partial charge in [0.15, 0.2) is 11.2 Å². The molecule has 136 valence electrons. The molecule has 1 fully saturated rings. The molecule has 0 bridgehead atoms. The van der Waals surface area contributed by atoms with E-state index >= 15 is 0 Å². The summed E-state index contributed by atoms with van der Waals surface area (Å²) in [6.07, 6.45) is 3.80. The van der Waals surface area contributed by atoms with Gasteiger partial charge in [0.2, 0.25) is 5.95 Å². The van der Waals surface area contributed by atoms with Gasteiger partial charge in [0.25, 0.3) is 0 Å². The Kier molecular flexibility index (Phi) is 4.08. The fraction of sp³-hybridized carbons (Fsp3) is 0.444. The number of anilines is 1. The first kappa shape index (κ1) is 16.9. The lowest BCUT2D eigenvalue weighted by molar-refractivity contribution is 0.0786. The fourth-order valence-corrected chi connectivity index (χ4v) is 3.25. The molecule has 0 saturated heterocycles. The molecule has 3 N–H and O–H groups in total. The van der Waals surface area contributed by atoms with Crippen LogP contribution in [0.2, 0.25) is 0 Å². The molecule has 2 aromatic heterocycles. The third kappa shape index (κ3) is 3.25. The first-order valence-electron chi connectivity index (χ1n) is 8.76. The highest BCUT2D eigenvalue weighted by molar-refractivity contribution is 5.72. The van der Waals surface area contributed by atoms with Gasteiger partial charge in [-0.3, -0.25) is 0 Å². The van der Waals surface area contributed by atoms with E-state index in [0.717, 1.165) is 24.1 Å². The van der Waals surface area contributed by atoms with E-state index in [2.05, 4.69) is 25.6 Å². The van der Waals surface area contributed by atoms with Crippen LogP contribution in [0.25, 0.3) is 16.9 Å². The zero-order valence-electron chi connectivity index (χ0n) is 14.8. The van der Waals surface area contributed by atoms with Gasteiger partial charge in [0.05, 0.1) is 23.6 Å². The van der Waals surface area contributed by atoms with Crippen molar-refractivity contribution in [2.24, 2.45) is 0 Å². The van der Waals surface area contributed by atoms with Crippen LogP contribution in [0.4, 0.5) is 5.95 Å². The lowest BCUT2D eigenvalue weighted by Crippen LogP contribution is -2.18. The molecule has 0 amide bonds. The van der Waals surface area contributed by atoms with Crippen molar-refractivity contribution in [3.63, 3.8) is 0 Å². The van der Waals surface area contributed by atoms with Crippen LogP contribution in [-0.4, -0.2) is 47.3 Å². The molecule has 2 atom stereocenters. The maximum absolute atomic E-state index is 10.1. The zero-order chi connectivity index (χ0) is 18.3. The highest BCUT2D eigenvalue weighted by Gasteiger charge is 2.23. The topological polar surface area (TPSA) is 109 Å². The molecular formula is C18H22N6O2. The van der Waals surface area contributed by atoms with E-state index in [1.165, 1.54) is 0 Å². The minimum absolute atomic E-state index is 0.179. The maximum atomic E-state index is 10.1. The Balaban J connectivity index is 1.64. The van der Waals surface area contributed by atoms with E-state index in [-0.39, 0.29) is 12.1 Å². The molecule has 8 nitrogen and oxygen atoms in total. The molecule has 0 radical (unpaired) electrons. The van der Waals surface area contributed by atoms with Crippen molar-refractivity contribution in [1.82, 2.24) is 25.0 Å². The first-order valence-corrected chi connectivity index (χ1v) is 8.76. The quantitative estimate of drug-likeness (QED) is 0.655. The van der Waals surface area contributed by atoms with Crippen LogP contribution in [0, 0.1) is 0 Å². The highest BCUT2D eigenvalue weighted by Crippen LogP contribution is 2.24. The van der Waals surface area contributed by atoms with Gasteiger partial charge in [-0.05, 0) is 50.8 Å². The Morgan fingerprint density at radius 3 is 2.62 bits per heavy atom.